The molecule has 7 aromatic carbocycles. The molecule has 0 aliphatic carbocycles. The molecule has 0 radical (unpaired) electrons. The Hall–Kier alpha value is -5.80. The monoisotopic (exact) mass is 561 g/mol. The zero-order chi connectivity index (χ0) is 29.2. The van der Waals surface area contributed by atoms with Gasteiger partial charge in [-0.2, -0.15) is 0 Å². The van der Waals surface area contributed by atoms with Gasteiger partial charge in [-0.1, -0.05) is 115 Å². The van der Waals surface area contributed by atoms with Gasteiger partial charge in [0.15, 0.2) is 0 Å². The highest BCUT2D eigenvalue weighted by Gasteiger charge is 2.18. The van der Waals surface area contributed by atoms with E-state index in [0.29, 0.717) is 0 Å². The van der Waals surface area contributed by atoms with Gasteiger partial charge in [0.2, 0.25) is 0 Å². The first-order valence-electron chi connectivity index (χ1n) is 15.0. The molecular formula is C41H27N3. The normalized spacial score (nSPS) is 11.8. The summed E-state index contributed by atoms with van der Waals surface area (Å²) in [5.41, 5.74) is 11.2. The standard InChI is InChI=1S/C41H27N3/c1-26-42-36-23-21-30(25-35(36)41-43-37-18-10-11-19-38(37)44(26)41)29-20-22-33-34(24-29)40(28-14-6-3-7-15-28)32-17-9-8-16-31(32)39(33)27-12-4-2-5-13-27/h2-25H,1H3. The van der Waals surface area contributed by atoms with E-state index >= 15 is 0 Å². The zero-order valence-corrected chi connectivity index (χ0v) is 24.2. The van der Waals surface area contributed by atoms with E-state index in [-0.39, 0.29) is 0 Å². The Morgan fingerprint density at radius 3 is 1.66 bits per heavy atom. The Bertz CT molecular complexity index is 2550. The number of fused-ring (bicyclic) bond motifs is 7. The molecular weight excluding hydrogens is 534 g/mol. The second-order valence-corrected chi connectivity index (χ2v) is 11.4. The smallest absolute Gasteiger partial charge is 0.148 e. The summed E-state index contributed by atoms with van der Waals surface area (Å²) in [6.45, 7) is 2.05. The summed E-state index contributed by atoms with van der Waals surface area (Å²) < 4.78 is 2.17. The first-order valence-corrected chi connectivity index (χ1v) is 15.0. The Labute approximate surface area is 254 Å². The summed E-state index contributed by atoms with van der Waals surface area (Å²) in [5.74, 6) is 0.937. The van der Waals surface area contributed by atoms with Crippen LogP contribution in [0.2, 0.25) is 0 Å². The average Bonchev–Trinajstić information content (AvgIpc) is 3.48. The highest BCUT2D eigenvalue weighted by atomic mass is 15.1. The average molecular weight is 562 g/mol. The third-order valence-corrected chi connectivity index (χ3v) is 8.89. The predicted molar refractivity (Wildman–Crippen MR) is 184 cm³/mol. The van der Waals surface area contributed by atoms with Gasteiger partial charge >= 0.3 is 0 Å². The molecule has 44 heavy (non-hydrogen) atoms. The lowest BCUT2D eigenvalue weighted by Crippen LogP contribution is -1.97. The fourth-order valence-corrected chi connectivity index (χ4v) is 6.94. The van der Waals surface area contributed by atoms with Gasteiger partial charge in [0.05, 0.1) is 16.6 Å². The number of rotatable bonds is 3. The predicted octanol–water partition coefficient (Wildman–Crippen LogP) is 10.7. The fourth-order valence-electron chi connectivity index (χ4n) is 6.94. The lowest BCUT2D eigenvalue weighted by Gasteiger charge is -2.18. The lowest BCUT2D eigenvalue weighted by molar-refractivity contribution is 1.04. The van der Waals surface area contributed by atoms with Crippen molar-refractivity contribution < 1.29 is 0 Å². The van der Waals surface area contributed by atoms with E-state index in [0.717, 1.165) is 39.0 Å². The topological polar surface area (TPSA) is 30.2 Å². The number of nitrogens with zero attached hydrogens (tertiary/aromatic N) is 3. The molecule has 206 valence electrons. The SMILES string of the molecule is Cc1nc2ccc(-c3ccc4c(-c5ccccc5)c5ccccc5c(-c5ccccc5)c4c3)cc2c2nc3ccccc3n12. The van der Waals surface area contributed by atoms with Gasteiger partial charge in [-0.15, -0.1) is 0 Å². The maximum atomic E-state index is 5.04. The lowest BCUT2D eigenvalue weighted by atomic mass is 9.85. The van der Waals surface area contributed by atoms with Crippen molar-refractivity contribution in [1.82, 2.24) is 14.4 Å². The van der Waals surface area contributed by atoms with E-state index in [9.17, 15) is 0 Å². The first-order chi connectivity index (χ1) is 21.7. The fraction of sp³-hybridized carbons (Fsp3) is 0.0244. The second kappa shape index (κ2) is 9.62. The van der Waals surface area contributed by atoms with Gasteiger partial charge in [0, 0.05) is 5.39 Å². The van der Waals surface area contributed by atoms with E-state index in [1.807, 2.05) is 6.07 Å². The number of para-hydroxylation sites is 2. The first kappa shape index (κ1) is 24.8. The number of hydrogen-bond donors (Lipinski definition) is 0. The molecule has 0 saturated heterocycles. The van der Waals surface area contributed by atoms with Crippen LogP contribution in [-0.4, -0.2) is 14.4 Å². The van der Waals surface area contributed by atoms with Crippen molar-refractivity contribution in [1.29, 1.82) is 0 Å². The van der Waals surface area contributed by atoms with Crippen LogP contribution in [0.25, 0.3) is 82.5 Å². The molecule has 2 aromatic heterocycles. The van der Waals surface area contributed by atoms with E-state index in [4.69, 9.17) is 9.97 Å². The van der Waals surface area contributed by atoms with Crippen LogP contribution in [-0.2, 0) is 0 Å². The van der Waals surface area contributed by atoms with Gasteiger partial charge in [0.1, 0.15) is 11.5 Å². The molecule has 0 saturated carbocycles. The maximum absolute atomic E-state index is 5.04. The van der Waals surface area contributed by atoms with Crippen LogP contribution >= 0.6 is 0 Å². The highest BCUT2D eigenvalue weighted by molar-refractivity contribution is 6.22. The molecule has 2 heterocycles. The van der Waals surface area contributed by atoms with Crippen molar-refractivity contribution in [2.24, 2.45) is 0 Å². The Morgan fingerprint density at radius 2 is 0.955 bits per heavy atom. The minimum atomic E-state index is 0.937. The van der Waals surface area contributed by atoms with Gasteiger partial charge in [-0.05, 0) is 92.2 Å². The number of imidazole rings is 1. The zero-order valence-electron chi connectivity index (χ0n) is 24.2. The third-order valence-electron chi connectivity index (χ3n) is 8.89. The van der Waals surface area contributed by atoms with Crippen LogP contribution in [0.5, 0.6) is 0 Å². The van der Waals surface area contributed by atoms with Crippen molar-refractivity contribution in [2.45, 2.75) is 6.92 Å². The second-order valence-electron chi connectivity index (χ2n) is 11.4. The van der Waals surface area contributed by atoms with Crippen LogP contribution in [0.15, 0.2) is 146 Å². The Morgan fingerprint density at radius 1 is 0.409 bits per heavy atom. The van der Waals surface area contributed by atoms with Crippen LogP contribution in [0, 0.1) is 6.92 Å². The third kappa shape index (κ3) is 3.69. The Kier molecular flexibility index (Phi) is 5.41. The molecule has 0 amide bonds. The summed E-state index contributed by atoms with van der Waals surface area (Å²) in [6.07, 6.45) is 0. The largest absolute Gasteiger partial charge is 0.280 e. The molecule has 3 nitrogen and oxygen atoms in total. The molecule has 0 unspecified atom stereocenters. The van der Waals surface area contributed by atoms with Crippen molar-refractivity contribution in [3.05, 3.63) is 151 Å². The molecule has 0 fully saturated rings. The van der Waals surface area contributed by atoms with Crippen molar-refractivity contribution in [3.63, 3.8) is 0 Å². The minimum absolute atomic E-state index is 0.937. The number of benzene rings is 7. The van der Waals surface area contributed by atoms with E-state index in [1.165, 1.54) is 49.4 Å². The minimum Gasteiger partial charge on any atom is -0.280 e. The molecule has 9 rings (SSSR count). The van der Waals surface area contributed by atoms with Gasteiger partial charge in [0.25, 0.3) is 0 Å². The highest BCUT2D eigenvalue weighted by Crippen LogP contribution is 2.45. The summed E-state index contributed by atoms with van der Waals surface area (Å²) >= 11 is 0. The van der Waals surface area contributed by atoms with Crippen molar-refractivity contribution >= 4 is 49.1 Å². The summed E-state index contributed by atoms with van der Waals surface area (Å²) in [5, 5.41) is 6.06. The molecule has 0 aliphatic heterocycles. The summed E-state index contributed by atoms with van der Waals surface area (Å²) in [6, 6.07) is 52.2. The van der Waals surface area contributed by atoms with Gasteiger partial charge in [-0.3, -0.25) is 4.40 Å². The quantitative estimate of drug-likeness (QED) is 0.201. The van der Waals surface area contributed by atoms with Gasteiger partial charge < -0.3 is 0 Å². The molecule has 0 bridgehead atoms. The molecule has 0 N–H and O–H groups in total. The van der Waals surface area contributed by atoms with Crippen LogP contribution in [0.1, 0.15) is 5.82 Å². The Balaban J connectivity index is 1.36. The number of aromatic nitrogens is 3. The van der Waals surface area contributed by atoms with Crippen LogP contribution in [0.3, 0.4) is 0 Å². The number of hydrogen-bond acceptors (Lipinski definition) is 2. The van der Waals surface area contributed by atoms with E-state index in [2.05, 4.69) is 151 Å². The number of aryl methyl sites for hydroxylation is 1. The maximum Gasteiger partial charge on any atom is 0.148 e. The van der Waals surface area contributed by atoms with E-state index < -0.39 is 0 Å². The summed E-state index contributed by atoms with van der Waals surface area (Å²) in [7, 11) is 0. The van der Waals surface area contributed by atoms with Crippen LogP contribution < -0.4 is 0 Å². The van der Waals surface area contributed by atoms with Gasteiger partial charge in [-0.25, -0.2) is 9.97 Å². The molecule has 0 atom stereocenters. The molecule has 0 aliphatic rings. The summed E-state index contributed by atoms with van der Waals surface area (Å²) in [4.78, 5) is 10.0. The van der Waals surface area contributed by atoms with Crippen molar-refractivity contribution in [3.8, 4) is 33.4 Å². The van der Waals surface area contributed by atoms with Crippen LogP contribution in [0.4, 0.5) is 0 Å². The van der Waals surface area contributed by atoms with E-state index in [1.54, 1.807) is 0 Å². The molecule has 9 aromatic rings. The van der Waals surface area contributed by atoms with Crippen molar-refractivity contribution in [2.75, 3.05) is 0 Å². The molecule has 3 heteroatoms. The molecule has 0 spiro atoms.